The Bertz CT molecular complexity index is 273. The van der Waals surface area contributed by atoms with Gasteiger partial charge in [-0.3, -0.25) is 0 Å². The summed E-state index contributed by atoms with van der Waals surface area (Å²) in [5, 5.41) is 6.06. The molecule has 5 heteroatoms. The monoisotopic (exact) mass is 181 g/mol. The van der Waals surface area contributed by atoms with Gasteiger partial charge >= 0.3 is 0 Å². The molecule has 0 spiro atoms. The van der Waals surface area contributed by atoms with E-state index in [0.717, 1.165) is 24.0 Å². The van der Waals surface area contributed by atoms with Crippen LogP contribution in [0.2, 0.25) is 0 Å². The second kappa shape index (κ2) is 4.61. The molecule has 0 aliphatic carbocycles. The van der Waals surface area contributed by atoms with E-state index in [0.29, 0.717) is 6.54 Å². The molecule has 0 radical (unpaired) electrons. The summed E-state index contributed by atoms with van der Waals surface area (Å²) in [6, 6.07) is 1.85. The van der Waals surface area contributed by atoms with Crippen molar-refractivity contribution in [2.75, 3.05) is 30.8 Å². The number of hydrogen-bond donors (Lipinski definition) is 3. The molecule has 72 valence electrons. The number of aryl methyl sites for hydroxylation is 1. The van der Waals surface area contributed by atoms with Gasteiger partial charge in [-0.05, 0) is 6.92 Å². The van der Waals surface area contributed by atoms with E-state index in [9.17, 15) is 0 Å². The predicted molar refractivity (Wildman–Crippen MR) is 53.9 cm³/mol. The molecule has 13 heavy (non-hydrogen) atoms. The lowest BCUT2D eigenvalue weighted by Crippen LogP contribution is -2.14. The van der Waals surface area contributed by atoms with Crippen molar-refractivity contribution in [1.29, 1.82) is 0 Å². The van der Waals surface area contributed by atoms with Crippen molar-refractivity contribution < 1.29 is 0 Å². The summed E-state index contributed by atoms with van der Waals surface area (Å²) >= 11 is 0. The fraction of sp³-hybridized carbons (Fsp3) is 0.500. The van der Waals surface area contributed by atoms with Crippen molar-refractivity contribution in [3.8, 4) is 0 Å². The van der Waals surface area contributed by atoms with Crippen LogP contribution in [0.3, 0.4) is 0 Å². The van der Waals surface area contributed by atoms with Crippen LogP contribution in [0.5, 0.6) is 0 Å². The van der Waals surface area contributed by atoms with Crippen molar-refractivity contribution in [2.24, 2.45) is 5.73 Å². The minimum absolute atomic E-state index is 0.595. The molecule has 0 unspecified atom stereocenters. The van der Waals surface area contributed by atoms with Gasteiger partial charge < -0.3 is 16.4 Å². The number of aromatic nitrogens is 2. The second-order valence-electron chi connectivity index (χ2n) is 2.65. The van der Waals surface area contributed by atoms with Crippen molar-refractivity contribution >= 4 is 11.6 Å². The SMILES string of the molecule is CNc1cc(NCCN)nc(C)n1. The van der Waals surface area contributed by atoms with E-state index >= 15 is 0 Å². The van der Waals surface area contributed by atoms with E-state index in [4.69, 9.17) is 5.73 Å². The van der Waals surface area contributed by atoms with Gasteiger partial charge in [-0.1, -0.05) is 0 Å². The Hall–Kier alpha value is -1.36. The van der Waals surface area contributed by atoms with Gasteiger partial charge in [0.2, 0.25) is 0 Å². The number of nitrogens with two attached hydrogens (primary N) is 1. The molecule has 0 aromatic carbocycles. The minimum Gasteiger partial charge on any atom is -0.373 e. The molecule has 1 heterocycles. The fourth-order valence-electron chi connectivity index (χ4n) is 0.987. The van der Waals surface area contributed by atoms with Crippen LogP contribution in [-0.4, -0.2) is 30.1 Å². The molecule has 0 aliphatic heterocycles. The van der Waals surface area contributed by atoms with Crippen LogP contribution in [0.1, 0.15) is 5.82 Å². The molecule has 0 aliphatic rings. The van der Waals surface area contributed by atoms with Crippen LogP contribution in [0, 0.1) is 6.92 Å². The number of rotatable bonds is 4. The average molecular weight is 181 g/mol. The Kier molecular flexibility index (Phi) is 3.45. The van der Waals surface area contributed by atoms with Gasteiger partial charge in [0.15, 0.2) is 0 Å². The molecular formula is C8H15N5. The minimum atomic E-state index is 0.595. The van der Waals surface area contributed by atoms with Gasteiger partial charge in [0.25, 0.3) is 0 Å². The summed E-state index contributed by atoms with van der Waals surface area (Å²) in [5.74, 6) is 2.36. The molecule has 0 saturated carbocycles. The zero-order valence-corrected chi connectivity index (χ0v) is 7.96. The van der Waals surface area contributed by atoms with Gasteiger partial charge in [0.1, 0.15) is 17.5 Å². The lowest BCUT2D eigenvalue weighted by atomic mass is 10.4. The Labute approximate surface area is 77.8 Å². The third-order valence-corrected chi connectivity index (χ3v) is 1.54. The topological polar surface area (TPSA) is 75.9 Å². The van der Waals surface area contributed by atoms with Crippen LogP contribution in [0.15, 0.2) is 6.07 Å². The number of hydrogen-bond acceptors (Lipinski definition) is 5. The predicted octanol–water partition coefficient (Wildman–Crippen LogP) is 0.197. The zero-order valence-electron chi connectivity index (χ0n) is 7.96. The average Bonchev–Trinajstić information content (AvgIpc) is 2.14. The van der Waals surface area contributed by atoms with Gasteiger partial charge in [0, 0.05) is 26.2 Å². The molecular weight excluding hydrogens is 166 g/mol. The van der Waals surface area contributed by atoms with Gasteiger partial charge in [-0.15, -0.1) is 0 Å². The van der Waals surface area contributed by atoms with Crippen LogP contribution < -0.4 is 16.4 Å². The third-order valence-electron chi connectivity index (χ3n) is 1.54. The van der Waals surface area contributed by atoms with E-state index in [1.165, 1.54) is 0 Å². The van der Waals surface area contributed by atoms with Crippen molar-refractivity contribution in [3.05, 3.63) is 11.9 Å². The fourth-order valence-corrected chi connectivity index (χ4v) is 0.987. The van der Waals surface area contributed by atoms with Crippen molar-refractivity contribution in [1.82, 2.24) is 9.97 Å². The quantitative estimate of drug-likeness (QED) is 0.618. The first-order valence-corrected chi connectivity index (χ1v) is 4.23. The summed E-state index contributed by atoms with van der Waals surface area (Å²) in [7, 11) is 1.83. The number of nitrogens with zero attached hydrogens (tertiary/aromatic N) is 2. The highest BCUT2D eigenvalue weighted by molar-refractivity contribution is 5.46. The first-order valence-electron chi connectivity index (χ1n) is 4.23. The maximum Gasteiger partial charge on any atom is 0.131 e. The summed E-state index contributed by atoms with van der Waals surface area (Å²) in [6.07, 6.45) is 0. The maximum absolute atomic E-state index is 5.36. The van der Waals surface area contributed by atoms with Gasteiger partial charge in [-0.25, -0.2) is 9.97 Å². The number of anilines is 2. The first kappa shape index (κ1) is 9.73. The zero-order chi connectivity index (χ0) is 9.68. The first-order chi connectivity index (χ1) is 6.26. The van der Waals surface area contributed by atoms with Gasteiger partial charge in [-0.2, -0.15) is 0 Å². The summed E-state index contributed by atoms with van der Waals surface area (Å²) in [6.45, 7) is 3.17. The molecule has 1 rings (SSSR count). The molecule has 5 nitrogen and oxygen atoms in total. The Morgan fingerprint density at radius 1 is 1.38 bits per heavy atom. The van der Waals surface area contributed by atoms with E-state index in [-0.39, 0.29) is 0 Å². The van der Waals surface area contributed by atoms with Crippen molar-refractivity contribution in [2.45, 2.75) is 6.92 Å². The highest BCUT2D eigenvalue weighted by atomic mass is 15.1. The van der Waals surface area contributed by atoms with Crippen LogP contribution in [-0.2, 0) is 0 Å². The molecule has 0 atom stereocenters. The van der Waals surface area contributed by atoms with E-state index < -0.39 is 0 Å². The van der Waals surface area contributed by atoms with Crippen LogP contribution in [0.25, 0.3) is 0 Å². The Morgan fingerprint density at radius 2 is 2.08 bits per heavy atom. The molecule has 4 N–H and O–H groups in total. The normalized spacial score (nSPS) is 9.77. The lowest BCUT2D eigenvalue weighted by molar-refractivity contribution is 0.986. The highest BCUT2D eigenvalue weighted by Gasteiger charge is 1.98. The summed E-state index contributed by atoms with van der Waals surface area (Å²) in [4.78, 5) is 8.37. The molecule has 1 aromatic rings. The molecule has 0 amide bonds. The maximum atomic E-state index is 5.36. The van der Waals surface area contributed by atoms with Crippen LogP contribution >= 0.6 is 0 Å². The van der Waals surface area contributed by atoms with E-state index in [1.54, 1.807) is 0 Å². The summed E-state index contributed by atoms with van der Waals surface area (Å²) < 4.78 is 0. The standard InChI is InChI=1S/C8H15N5/c1-6-12-7(10-2)5-8(13-6)11-4-3-9/h5H,3-4,9H2,1-2H3,(H2,10,11,12,13). The lowest BCUT2D eigenvalue weighted by Gasteiger charge is -2.06. The highest BCUT2D eigenvalue weighted by Crippen LogP contribution is 2.09. The third kappa shape index (κ3) is 2.87. The molecule has 0 saturated heterocycles. The molecule has 1 aromatic heterocycles. The van der Waals surface area contributed by atoms with Crippen molar-refractivity contribution in [3.63, 3.8) is 0 Å². The largest absolute Gasteiger partial charge is 0.373 e. The smallest absolute Gasteiger partial charge is 0.131 e. The summed E-state index contributed by atoms with van der Waals surface area (Å²) in [5.41, 5.74) is 5.36. The van der Waals surface area contributed by atoms with E-state index in [2.05, 4.69) is 20.6 Å². The number of nitrogens with one attached hydrogen (secondary N) is 2. The molecule has 0 bridgehead atoms. The Balaban J connectivity index is 2.76. The molecule has 0 fully saturated rings. The van der Waals surface area contributed by atoms with Gasteiger partial charge in [0.05, 0.1) is 0 Å². The van der Waals surface area contributed by atoms with E-state index in [1.807, 2.05) is 20.0 Å². The Morgan fingerprint density at radius 3 is 2.69 bits per heavy atom. The second-order valence-corrected chi connectivity index (χ2v) is 2.65. The van der Waals surface area contributed by atoms with Crippen LogP contribution in [0.4, 0.5) is 11.6 Å².